The van der Waals surface area contributed by atoms with Gasteiger partial charge in [-0.05, 0) is 32.3 Å². The number of non-ortho nitro benzene ring substituents is 2. The van der Waals surface area contributed by atoms with Crippen LogP contribution in [-0.4, -0.2) is 51.1 Å². The van der Waals surface area contributed by atoms with Crippen molar-refractivity contribution >= 4 is 46.3 Å². The molecule has 1 aromatic heterocycles. The first-order valence-corrected chi connectivity index (χ1v) is 12.7. The number of fused-ring (bicyclic) bond motifs is 1. The molecule has 0 bridgehead atoms. The van der Waals surface area contributed by atoms with E-state index in [0.29, 0.717) is 5.56 Å². The van der Waals surface area contributed by atoms with Crippen LogP contribution in [0.25, 0.3) is 10.9 Å². The van der Waals surface area contributed by atoms with Crippen molar-refractivity contribution in [1.82, 2.24) is 15.3 Å². The highest BCUT2D eigenvalue weighted by Gasteiger charge is 2.25. The van der Waals surface area contributed by atoms with Crippen LogP contribution in [0.4, 0.5) is 11.4 Å². The number of hydrogen-bond acceptors (Lipinski definition) is 9. The Morgan fingerprint density at radius 2 is 1.71 bits per heavy atom. The molecule has 0 saturated carbocycles. The van der Waals surface area contributed by atoms with Crippen LogP contribution in [0.5, 0.6) is 0 Å². The highest BCUT2D eigenvalue weighted by molar-refractivity contribution is 6.02. The minimum atomic E-state index is -1.09. The van der Waals surface area contributed by atoms with Gasteiger partial charge in [0.05, 0.1) is 34.3 Å². The first-order chi connectivity index (χ1) is 19.4. The third-order valence-electron chi connectivity index (χ3n) is 6.16. The van der Waals surface area contributed by atoms with Gasteiger partial charge >= 0.3 is 5.97 Å². The van der Waals surface area contributed by atoms with E-state index in [2.05, 4.69) is 15.8 Å². The van der Waals surface area contributed by atoms with Crippen molar-refractivity contribution in [2.24, 2.45) is 11.0 Å². The van der Waals surface area contributed by atoms with Gasteiger partial charge in [0.1, 0.15) is 12.6 Å². The molecule has 0 saturated heterocycles. The number of para-hydroxylation sites is 1. The number of nitrogens with one attached hydrogen (secondary N) is 2. The lowest BCUT2D eigenvalue weighted by Crippen LogP contribution is -2.46. The number of hydrogen-bond donors (Lipinski definition) is 2. The smallest absolute Gasteiger partial charge is 0.325 e. The third kappa shape index (κ3) is 7.50. The zero-order chi connectivity index (χ0) is 30.3. The number of hydrazone groups is 1. The van der Waals surface area contributed by atoms with Crippen molar-refractivity contribution < 1.29 is 29.0 Å². The Kier molecular flexibility index (Phi) is 9.85. The molecule has 14 nitrogen and oxygen atoms in total. The van der Waals surface area contributed by atoms with Gasteiger partial charge in [0, 0.05) is 34.3 Å². The standard InChI is InChI=1S/C27H30N6O8/c1-5-41-25(34)15-31-17(4)22(21-8-6-7-9-24(21)31)14-28-30-27(36)23(10-16(2)3)29-26(35)18-11-19(32(37)38)13-20(12-18)33(39)40/h6-9,11-14,16,23H,5,10,15H2,1-4H3,(H,29,35)(H,30,36)/b28-14-/t23-/m1/s1. The first-order valence-electron chi connectivity index (χ1n) is 12.7. The molecule has 0 aliphatic rings. The quantitative estimate of drug-likeness (QED) is 0.144. The summed E-state index contributed by atoms with van der Waals surface area (Å²) in [5.74, 6) is -1.98. The van der Waals surface area contributed by atoms with Crippen LogP contribution >= 0.6 is 0 Å². The van der Waals surface area contributed by atoms with Gasteiger partial charge in [0.2, 0.25) is 0 Å². The topological polar surface area (TPSA) is 188 Å². The van der Waals surface area contributed by atoms with E-state index >= 15 is 0 Å². The van der Waals surface area contributed by atoms with Crippen molar-refractivity contribution in [3.63, 3.8) is 0 Å². The van der Waals surface area contributed by atoms with Gasteiger partial charge in [0.25, 0.3) is 23.2 Å². The molecule has 3 rings (SSSR count). The molecule has 0 aliphatic heterocycles. The lowest BCUT2D eigenvalue weighted by molar-refractivity contribution is -0.394. The van der Waals surface area contributed by atoms with Gasteiger partial charge < -0.3 is 14.6 Å². The van der Waals surface area contributed by atoms with Gasteiger partial charge in [0.15, 0.2) is 0 Å². The number of ether oxygens (including phenoxy) is 1. The molecule has 0 aliphatic carbocycles. The van der Waals surface area contributed by atoms with Crippen LogP contribution in [0, 0.1) is 33.1 Å². The van der Waals surface area contributed by atoms with Crippen molar-refractivity contribution in [2.75, 3.05) is 6.61 Å². The van der Waals surface area contributed by atoms with E-state index in [9.17, 15) is 34.6 Å². The molecule has 2 aromatic carbocycles. The maximum absolute atomic E-state index is 13.0. The average molecular weight is 567 g/mol. The molecule has 2 N–H and O–H groups in total. The second-order valence-corrected chi connectivity index (χ2v) is 9.55. The van der Waals surface area contributed by atoms with Crippen molar-refractivity contribution in [1.29, 1.82) is 0 Å². The minimum absolute atomic E-state index is 0.00130. The maximum Gasteiger partial charge on any atom is 0.325 e. The van der Waals surface area contributed by atoms with E-state index < -0.39 is 45.0 Å². The number of nitrogens with zero attached hydrogens (tertiary/aromatic N) is 4. The van der Waals surface area contributed by atoms with Gasteiger partial charge in [-0.2, -0.15) is 5.10 Å². The number of esters is 1. The first kappa shape index (κ1) is 30.4. The van der Waals surface area contributed by atoms with Gasteiger partial charge in [-0.15, -0.1) is 0 Å². The van der Waals surface area contributed by atoms with E-state index in [1.165, 1.54) is 6.21 Å². The molecule has 0 spiro atoms. The second-order valence-electron chi connectivity index (χ2n) is 9.55. The fourth-order valence-corrected chi connectivity index (χ4v) is 4.28. The third-order valence-corrected chi connectivity index (χ3v) is 6.16. The molecule has 0 unspecified atom stereocenters. The largest absolute Gasteiger partial charge is 0.465 e. The molecule has 1 atom stereocenters. The van der Waals surface area contributed by atoms with E-state index in [4.69, 9.17) is 4.74 Å². The number of rotatable bonds is 12. The Morgan fingerprint density at radius 1 is 1.07 bits per heavy atom. The highest BCUT2D eigenvalue weighted by Crippen LogP contribution is 2.25. The number of nitro groups is 2. The summed E-state index contributed by atoms with van der Waals surface area (Å²) in [6, 6.07) is 8.83. The van der Waals surface area contributed by atoms with E-state index in [1.54, 1.807) is 11.5 Å². The Morgan fingerprint density at radius 3 is 2.29 bits per heavy atom. The Balaban J connectivity index is 1.83. The maximum atomic E-state index is 13.0. The minimum Gasteiger partial charge on any atom is -0.465 e. The predicted octanol–water partition coefficient (Wildman–Crippen LogP) is 3.62. The van der Waals surface area contributed by atoms with E-state index in [-0.39, 0.29) is 31.1 Å². The number of aromatic nitrogens is 1. The molecule has 0 fully saturated rings. The zero-order valence-electron chi connectivity index (χ0n) is 22.9. The normalized spacial score (nSPS) is 11.9. The molecule has 2 amide bonds. The molecule has 1 heterocycles. The fraction of sp³-hybridized carbons (Fsp3) is 0.333. The predicted molar refractivity (Wildman–Crippen MR) is 150 cm³/mol. The summed E-state index contributed by atoms with van der Waals surface area (Å²) >= 11 is 0. The molecule has 41 heavy (non-hydrogen) atoms. The van der Waals surface area contributed by atoms with Crippen molar-refractivity contribution in [3.8, 4) is 0 Å². The molecule has 216 valence electrons. The van der Waals surface area contributed by atoms with Crippen LogP contribution in [0.1, 0.15) is 48.8 Å². The van der Waals surface area contributed by atoms with Crippen LogP contribution in [0.2, 0.25) is 0 Å². The second kappa shape index (κ2) is 13.3. The molecular formula is C27H30N6O8. The van der Waals surface area contributed by atoms with E-state index in [0.717, 1.165) is 34.8 Å². The van der Waals surface area contributed by atoms with Gasteiger partial charge in [-0.1, -0.05) is 32.0 Å². The summed E-state index contributed by atoms with van der Waals surface area (Å²) in [5.41, 5.74) is 2.99. The fourth-order valence-electron chi connectivity index (χ4n) is 4.28. The van der Waals surface area contributed by atoms with Crippen LogP contribution in [0.15, 0.2) is 47.6 Å². The monoisotopic (exact) mass is 566 g/mol. The average Bonchev–Trinajstić information content (AvgIpc) is 3.18. The molecule has 3 aromatic rings. The highest BCUT2D eigenvalue weighted by atomic mass is 16.6. The lowest BCUT2D eigenvalue weighted by atomic mass is 10.0. The Bertz CT molecular complexity index is 1500. The number of carbonyl (C=O) groups is 3. The van der Waals surface area contributed by atoms with Crippen molar-refractivity contribution in [3.05, 3.63) is 79.5 Å². The summed E-state index contributed by atoms with van der Waals surface area (Å²) in [7, 11) is 0. The van der Waals surface area contributed by atoms with Crippen LogP contribution < -0.4 is 10.7 Å². The Labute approximate surface area is 234 Å². The lowest BCUT2D eigenvalue weighted by Gasteiger charge is -2.19. The summed E-state index contributed by atoms with van der Waals surface area (Å²) in [6.07, 6.45) is 1.64. The molecule has 14 heteroatoms. The summed E-state index contributed by atoms with van der Waals surface area (Å²) in [5, 5.41) is 29.8. The van der Waals surface area contributed by atoms with Crippen molar-refractivity contribution in [2.45, 2.75) is 46.7 Å². The summed E-state index contributed by atoms with van der Waals surface area (Å²) in [4.78, 5) is 58.8. The number of benzene rings is 2. The number of amides is 2. The molecule has 0 radical (unpaired) electrons. The van der Waals surface area contributed by atoms with E-state index in [1.807, 2.05) is 45.0 Å². The number of carbonyl (C=O) groups excluding carboxylic acids is 3. The van der Waals surface area contributed by atoms with Gasteiger partial charge in [-0.3, -0.25) is 34.6 Å². The van der Waals surface area contributed by atoms with Crippen LogP contribution in [0.3, 0.4) is 0 Å². The SMILES string of the molecule is CCOC(=O)Cn1c(C)c(/C=N\NC(=O)[C@@H](CC(C)C)NC(=O)c2cc([N+](=O)[O-])cc([N+](=O)[O-])c2)c2ccccc21. The number of nitro benzene ring substituents is 2. The van der Waals surface area contributed by atoms with Gasteiger partial charge in [-0.25, -0.2) is 5.43 Å². The Hall–Kier alpha value is -5.14. The zero-order valence-corrected chi connectivity index (χ0v) is 22.9. The molecular weight excluding hydrogens is 536 g/mol. The summed E-state index contributed by atoms with van der Waals surface area (Å²) in [6.45, 7) is 7.44. The van der Waals surface area contributed by atoms with Crippen LogP contribution in [-0.2, 0) is 20.9 Å². The summed E-state index contributed by atoms with van der Waals surface area (Å²) < 4.78 is 6.87.